The Labute approximate surface area is 58.5 Å². The molecule has 0 radical (unpaired) electrons. The maximum Gasteiger partial charge on any atom is 0.641 e. The molecule has 0 N–H and O–H groups in total. The molecule has 0 aromatic rings. The van der Waals surface area contributed by atoms with E-state index in [1.165, 1.54) is 0 Å². The molecule has 10 heavy (non-hydrogen) atoms. The average molecular weight is 161 g/mol. The highest BCUT2D eigenvalue weighted by Crippen LogP contribution is 2.21. The second-order valence-corrected chi connectivity index (χ2v) is 2.72. The zero-order valence-corrected chi connectivity index (χ0v) is 6.46. The van der Waals surface area contributed by atoms with Crippen molar-refractivity contribution in [3.05, 3.63) is 5.53 Å². The molecule has 54 valence electrons. The van der Waals surface area contributed by atoms with E-state index >= 15 is 0 Å². The molecule has 0 saturated heterocycles. The minimum atomic E-state index is -2.28. The van der Waals surface area contributed by atoms with Crippen LogP contribution in [0.1, 0.15) is 6.92 Å². The van der Waals surface area contributed by atoms with Gasteiger partial charge in [-0.15, -0.1) is 9.31 Å². The number of carbonyl (C=O) groups excluding carboxylic acids is 1. The number of nitrogens with zero attached hydrogens (tertiary/aromatic N) is 2. The minimum Gasteiger partial charge on any atom is -0.356 e. The first-order valence-corrected chi connectivity index (χ1v) is 3.55. The van der Waals surface area contributed by atoms with Gasteiger partial charge in [0.25, 0.3) is 5.78 Å². The van der Waals surface area contributed by atoms with Gasteiger partial charge in [-0.3, -0.25) is 4.79 Å². The molecule has 0 aromatic heterocycles. The van der Waals surface area contributed by atoms with Gasteiger partial charge >= 0.3 is 13.5 Å². The standard InChI is InChI=1S/C4H6N2O3P/c1-3(7)4(6-5)10(8)9-2/h1-2H3/q+1. The van der Waals surface area contributed by atoms with E-state index in [0.717, 1.165) is 14.0 Å². The van der Waals surface area contributed by atoms with Gasteiger partial charge in [-0.1, -0.05) is 0 Å². The van der Waals surface area contributed by atoms with Gasteiger partial charge in [0.05, 0.1) is 7.11 Å². The molecule has 0 heterocycles. The van der Waals surface area contributed by atoms with Gasteiger partial charge in [0.15, 0.2) is 0 Å². The van der Waals surface area contributed by atoms with E-state index in [4.69, 9.17) is 5.53 Å². The quantitative estimate of drug-likeness (QED) is 0.263. The molecule has 1 atom stereocenters. The summed E-state index contributed by atoms with van der Waals surface area (Å²) in [5, 5.41) is 0. The summed E-state index contributed by atoms with van der Waals surface area (Å²) in [6.45, 7) is 1.14. The molecule has 0 saturated carbocycles. The fraction of sp³-hybridized carbons (Fsp3) is 0.500. The largest absolute Gasteiger partial charge is 0.641 e. The van der Waals surface area contributed by atoms with Crippen molar-refractivity contribution in [1.29, 1.82) is 0 Å². The van der Waals surface area contributed by atoms with E-state index in [0.29, 0.717) is 0 Å². The SMILES string of the molecule is CO[P+](=O)C(=[N+]=[N-])C(C)=O. The lowest BCUT2D eigenvalue weighted by Crippen LogP contribution is -2.06. The second kappa shape index (κ2) is 4.01. The van der Waals surface area contributed by atoms with Gasteiger partial charge in [0.1, 0.15) is 0 Å². The van der Waals surface area contributed by atoms with Crippen LogP contribution in [0, 0.1) is 0 Å². The predicted octanol–water partition coefficient (Wildman–Crippen LogP) is 0.592. The normalized spacial score (nSPS) is 10.0. The summed E-state index contributed by atoms with van der Waals surface area (Å²) < 4.78 is 14.9. The number of carbonyl (C=O) groups is 1. The molecule has 5 nitrogen and oxygen atoms in total. The lowest BCUT2D eigenvalue weighted by atomic mass is 10.5. The van der Waals surface area contributed by atoms with Crippen LogP contribution in [0.3, 0.4) is 0 Å². The number of ketones is 1. The van der Waals surface area contributed by atoms with Crippen molar-refractivity contribution in [3.63, 3.8) is 0 Å². The van der Waals surface area contributed by atoms with Gasteiger partial charge in [0, 0.05) is 6.92 Å². The molecule has 0 aromatic carbocycles. The van der Waals surface area contributed by atoms with Gasteiger partial charge in [-0.25, -0.2) is 0 Å². The Morgan fingerprint density at radius 1 is 1.70 bits per heavy atom. The second-order valence-electron chi connectivity index (χ2n) is 1.42. The van der Waals surface area contributed by atoms with Crippen molar-refractivity contribution in [2.45, 2.75) is 6.92 Å². The van der Waals surface area contributed by atoms with Gasteiger partial charge < -0.3 is 5.53 Å². The van der Waals surface area contributed by atoms with Crippen LogP contribution >= 0.6 is 8.03 Å². The Kier molecular flexibility index (Phi) is 3.65. The van der Waals surface area contributed by atoms with Gasteiger partial charge in [-0.2, -0.15) is 0 Å². The molecule has 0 fully saturated rings. The molecule has 0 aliphatic heterocycles. The first-order valence-electron chi connectivity index (χ1n) is 2.37. The molecule has 1 unspecified atom stereocenters. The zero-order valence-electron chi connectivity index (χ0n) is 5.57. The van der Waals surface area contributed by atoms with Crippen LogP contribution in [0.5, 0.6) is 0 Å². The van der Waals surface area contributed by atoms with Crippen LogP contribution in [-0.2, 0) is 13.9 Å². The van der Waals surface area contributed by atoms with Crippen molar-refractivity contribution >= 4 is 19.3 Å². The molecule has 6 heteroatoms. The third kappa shape index (κ3) is 2.15. The Hall–Kier alpha value is -0.890. The van der Waals surface area contributed by atoms with Crippen LogP contribution in [0.25, 0.3) is 5.53 Å². The van der Waals surface area contributed by atoms with Crippen LogP contribution < -0.4 is 0 Å². The summed E-state index contributed by atoms with van der Waals surface area (Å²) in [7, 11) is -1.12. The van der Waals surface area contributed by atoms with E-state index in [9.17, 15) is 9.36 Å². The maximum atomic E-state index is 10.6. The van der Waals surface area contributed by atoms with Crippen LogP contribution in [0.4, 0.5) is 0 Å². The number of hydrogen-bond acceptors (Lipinski definition) is 3. The first-order chi connectivity index (χ1) is 4.63. The van der Waals surface area contributed by atoms with Crippen molar-refractivity contribution in [2.24, 2.45) is 0 Å². The summed E-state index contributed by atoms with van der Waals surface area (Å²) in [4.78, 5) is 12.9. The Balaban J connectivity index is 4.56. The maximum absolute atomic E-state index is 10.6. The van der Waals surface area contributed by atoms with Crippen molar-refractivity contribution in [2.75, 3.05) is 7.11 Å². The molecule has 0 aliphatic carbocycles. The van der Waals surface area contributed by atoms with Crippen LogP contribution in [0.15, 0.2) is 0 Å². The van der Waals surface area contributed by atoms with Crippen molar-refractivity contribution in [1.82, 2.24) is 0 Å². The van der Waals surface area contributed by atoms with E-state index in [1.54, 1.807) is 0 Å². The number of Topliss-reactive ketones (excluding diaryl/α,β-unsaturated/α-hetero) is 1. The predicted molar refractivity (Wildman–Crippen MR) is 33.9 cm³/mol. The van der Waals surface area contributed by atoms with E-state index in [1.807, 2.05) is 0 Å². The summed E-state index contributed by atoms with van der Waals surface area (Å²) in [6.07, 6.45) is 0. The highest BCUT2D eigenvalue weighted by molar-refractivity contribution is 7.62. The van der Waals surface area contributed by atoms with E-state index in [-0.39, 0.29) is 0 Å². The first kappa shape index (κ1) is 9.11. The third-order valence-corrected chi connectivity index (χ3v) is 1.83. The van der Waals surface area contributed by atoms with E-state index < -0.39 is 19.3 Å². The van der Waals surface area contributed by atoms with Crippen molar-refractivity contribution < 1.29 is 18.7 Å². The average Bonchev–Trinajstić information content (AvgIpc) is 1.88. The summed E-state index contributed by atoms with van der Waals surface area (Å²) >= 11 is 0. The van der Waals surface area contributed by atoms with Gasteiger partial charge in [0.2, 0.25) is 0 Å². The lowest BCUT2D eigenvalue weighted by molar-refractivity contribution is -0.114. The number of hydrogen-bond donors (Lipinski definition) is 0. The van der Waals surface area contributed by atoms with Crippen molar-refractivity contribution in [3.8, 4) is 0 Å². The monoisotopic (exact) mass is 161 g/mol. The minimum absolute atomic E-state index is 0.447. The Bertz CT molecular complexity index is 219. The van der Waals surface area contributed by atoms with E-state index in [2.05, 4.69) is 9.31 Å². The Morgan fingerprint density at radius 2 is 2.20 bits per heavy atom. The highest BCUT2D eigenvalue weighted by atomic mass is 31.1. The lowest BCUT2D eigenvalue weighted by Gasteiger charge is -1.70. The number of rotatable bonds is 3. The van der Waals surface area contributed by atoms with Gasteiger partial charge in [-0.05, 0) is 4.57 Å². The third-order valence-electron chi connectivity index (χ3n) is 0.748. The molecular formula is C4H6N2O3P+. The molecule has 0 rings (SSSR count). The van der Waals surface area contributed by atoms with Crippen LogP contribution in [0.2, 0.25) is 0 Å². The smallest absolute Gasteiger partial charge is 0.356 e. The molecule has 0 spiro atoms. The molecular weight excluding hydrogens is 155 g/mol. The molecule has 0 bridgehead atoms. The van der Waals surface area contributed by atoms with Crippen LogP contribution in [-0.4, -0.2) is 23.1 Å². The summed E-state index contributed by atoms with van der Waals surface area (Å²) in [6, 6.07) is 0. The Morgan fingerprint density at radius 3 is 2.30 bits per heavy atom. The summed E-state index contributed by atoms with van der Waals surface area (Å²) in [5.74, 6) is -0.564. The fourth-order valence-corrected chi connectivity index (χ4v) is 0.825. The zero-order chi connectivity index (χ0) is 8.15. The highest BCUT2D eigenvalue weighted by Gasteiger charge is 2.40. The fourth-order valence-electron chi connectivity index (χ4n) is 0.322. The molecule has 0 aliphatic rings. The summed E-state index contributed by atoms with van der Waals surface area (Å²) in [5.41, 5.74) is 7.65. The molecule has 0 amide bonds. The topological polar surface area (TPSA) is 79.8 Å².